The van der Waals surface area contributed by atoms with Gasteiger partial charge in [0.15, 0.2) is 0 Å². The molecule has 1 aliphatic heterocycles. The van der Waals surface area contributed by atoms with Crippen LogP contribution in [-0.2, 0) is 14.3 Å². The molecule has 2 amide bonds. The molecule has 1 saturated carbocycles. The highest BCUT2D eigenvalue weighted by Crippen LogP contribution is 2.29. The number of ether oxygens (including phenoxy) is 1. The second-order valence-electron chi connectivity index (χ2n) is 5.04. The Kier molecular flexibility index (Phi) is 4.43. The van der Waals surface area contributed by atoms with Crippen LogP contribution in [0.1, 0.15) is 25.7 Å². The number of nitrogens with one attached hydrogen (secondary N) is 1. The number of carboxylic acids is 2. The fourth-order valence-electron chi connectivity index (χ4n) is 2.78. The van der Waals surface area contributed by atoms with Gasteiger partial charge in [-0.3, -0.25) is 4.79 Å². The zero-order chi connectivity index (χ0) is 14.7. The van der Waals surface area contributed by atoms with Crippen molar-refractivity contribution in [2.75, 3.05) is 13.2 Å². The smallest absolute Gasteiger partial charge is 0.326 e. The van der Waals surface area contributed by atoms with E-state index in [0.717, 1.165) is 19.3 Å². The lowest BCUT2D eigenvalue weighted by Gasteiger charge is -2.38. The minimum atomic E-state index is -1.41. The maximum atomic E-state index is 12.1. The molecule has 1 saturated heterocycles. The molecule has 2 aliphatic rings. The topological polar surface area (TPSA) is 116 Å². The average molecular weight is 286 g/mol. The van der Waals surface area contributed by atoms with Gasteiger partial charge in [-0.2, -0.15) is 0 Å². The molecule has 112 valence electrons. The minimum Gasteiger partial charge on any atom is -0.481 e. The Hall–Kier alpha value is -1.83. The van der Waals surface area contributed by atoms with Gasteiger partial charge in [-0.15, -0.1) is 0 Å². The molecular weight excluding hydrogens is 268 g/mol. The Morgan fingerprint density at radius 3 is 2.70 bits per heavy atom. The van der Waals surface area contributed by atoms with Crippen molar-refractivity contribution in [2.24, 2.45) is 0 Å². The monoisotopic (exact) mass is 286 g/mol. The van der Waals surface area contributed by atoms with E-state index in [-0.39, 0.29) is 12.1 Å². The van der Waals surface area contributed by atoms with Crippen molar-refractivity contribution >= 4 is 18.0 Å². The molecule has 2 fully saturated rings. The summed E-state index contributed by atoms with van der Waals surface area (Å²) in [5.74, 6) is -2.62. The molecule has 0 aromatic heterocycles. The van der Waals surface area contributed by atoms with Crippen LogP contribution in [0.5, 0.6) is 0 Å². The Balaban J connectivity index is 1.98. The first-order valence-electron chi connectivity index (χ1n) is 6.62. The first kappa shape index (κ1) is 14.6. The van der Waals surface area contributed by atoms with Crippen molar-refractivity contribution < 1.29 is 29.3 Å². The number of hydrogen-bond acceptors (Lipinski definition) is 4. The highest BCUT2D eigenvalue weighted by atomic mass is 16.5. The van der Waals surface area contributed by atoms with Crippen LogP contribution >= 0.6 is 0 Å². The number of aliphatic carboxylic acids is 2. The summed E-state index contributed by atoms with van der Waals surface area (Å²) < 4.78 is 5.57. The van der Waals surface area contributed by atoms with E-state index in [0.29, 0.717) is 13.2 Å². The van der Waals surface area contributed by atoms with Gasteiger partial charge >= 0.3 is 18.0 Å². The minimum absolute atomic E-state index is 0.0113. The van der Waals surface area contributed by atoms with Gasteiger partial charge < -0.3 is 25.2 Å². The van der Waals surface area contributed by atoms with E-state index in [9.17, 15) is 14.4 Å². The summed E-state index contributed by atoms with van der Waals surface area (Å²) in [6, 6.07) is -1.98. The molecule has 0 aromatic carbocycles. The number of hydrogen-bond donors (Lipinski definition) is 3. The zero-order valence-electron chi connectivity index (χ0n) is 10.9. The van der Waals surface area contributed by atoms with Gasteiger partial charge in [-0.05, 0) is 19.3 Å². The third-order valence-corrected chi connectivity index (χ3v) is 3.72. The maximum absolute atomic E-state index is 12.1. The molecular formula is C12H18N2O6. The van der Waals surface area contributed by atoms with Crippen LogP contribution in [0, 0.1) is 0 Å². The lowest BCUT2D eigenvalue weighted by atomic mass is 10.1. The molecule has 2 rings (SSSR count). The maximum Gasteiger partial charge on any atom is 0.326 e. The summed E-state index contributed by atoms with van der Waals surface area (Å²) in [5, 5.41) is 19.9. The first-order valence-corrected chi connectivity index (χ1v) is 6.62. The Bertz CT molecular complexity index is 413. The molecule has 0 radical (unpaired) electrons. The van der Waals surface area contributed by atoms with Crippen LogP contribution in [0.15, 0.2) is 0 Å². The van der Waals surface area contributed by atoms with E-state index in [1.54, 1.807) is 4.90 Å². The number of rotatable bonds is 4. The SMILES string of the molecule is O=C(O)C[C@H](NC(=O)N1CCOC2CCCC21)C(=O)O. The summed E-state index contributed by atoms with van der Waals surface area (Å²) in [6.45, 7) is 0.817. The van der Waals surface area contributed by atoms with E-state index < -0.39 is 30.4 Å². The lowest BCUT2D eigenvalue weighted by Crippen LogP contribution is -2.57. The van der Waals surface area contributed by atoms with E-state index in [1.165, 1.54) is 0 Å². The van der Waals surface area contributed by atoms with Gasteiger partial charge in [0.05, 0.1) is 25.2 Å². The van der Waals surface area contributed by atoms with Crippen LogP contribution in [0.25, 0.3) is 0 Å². The molecule has 2 unspecified atom stereocenters. The lowest BCUT2D eigenvalue weighted by molar-refractivity contribution is -0.145. The van der Waals surface area contributed by atoms with Crippen molar-refractivity contribution in [1.29, 1.82) is 0 Å². The molecule has 3 atom stereocenters. The van der Waals surface area contributed by atoms with Crippen molar-refractivity contribution in [1.82, 2.24) is 10.2 Å². The van der Waals surface area contributed by atoms with Gasteiger partial charge in [0, 0.05) is 6.54 Å². The Morgan fingerprint density at radius 1 is 1.30 bits per heavy atom. The van der Waals surface area contributed by atoms with Gasteiger partial charge in [-0.1, -0.05) is 0 Å². The van der Waals surface area contributed by atoms with Crippen LogP contribution in [0.2, 0.25) is 0 Å². The van der Waals surface area contributed by atoms with E-state index in [4.69, 9.17) is 14.9 Å². The number of nitrogens with zero attached hydrogens (tertiary/aromatic N) is 1. The van der Waals surface area contributed by atoms with Gasteiger partial charge in [-0.25, -0.2) is 9.59 Å². The van der Waals surface area contributed by atoms with E-state index in [2.05, 4.69) is 5.32 Å². The second-order valence-corrected chi connectivity index (χ2v) is 5.04. The summed E-state index contributed by atoms with van der Waals surface area (Å²) in [4.78, 5) is 35.3. The molecule has 0 spiro atoms. The van der Waals surface area contributed by atoms with Crippen molar-refractivity contribution in [3.05, 3.63) is 0 Å². The molecule has 0 aromatic rings. The highest BCUT2D eigenvalue weighted by molar-refractivity contribution is 5.86. The number of morpholine rings is 1. The number of carboxylic acid groups (broad SMARTS) is 2. The molecule has 20 heavy (non-hydrogen) atoms. The van der Waals surface area contributed by atoms with E-state index in [1.807, 2.05) is 0 Å². The van der Waals surface area contributed by atoms with E-state index >= 15 is 0 Å². The quantitative estimate of drug-likeness (QED) is 0.663. The predicted molar refractivity (Wildman–Crippen MR) is 66.3 cm³/mol. The number of amides is 2. The molecule has 1 aliphatic carbocycles. The predicted octanol–water partition coefficient (Wildman–Crippen LogP) is -0.123. The first-order chi connectivity index (χ1) is 9.49. The van der Waals surface area contributed by atoms with Crippen LogP contribution in [0.4, 0.5) is 4.79 Å². The van der Waals surface area contributed by atoms with Crippen molar-refractivity contribution in [2.45, 2.75) is 43.9 Å². The van der Waals surface area contributed by atoms with Crippen LogP contribution in [0.3, 0.4) is 0 Å². The summed E-state index contributed by atoms with van der Waals surface area (Å²) in [7, 11) is 0. The molecule has 0 bridgehead atoms. The van der Waals surface area contributed by atoms with Crippen molar-refractivity contribution in [3.63, 3.8) is 0 Å². The molecule has 8 heteroatoms. The summed E-state index contributed by atoms with van der Waals surface area (Å²) in [5.41, 5.74) is 0. The van der Waals surface area contributed by atoms with Gasteiger partial charge in [0.1, 0.15) is 6.04 Å². The number of carbonyl (C=O) groups excluding carboxylic acids is 1. The number of fused-ring (bicyclic) bond motifs is 1. The molecule has 8 nitrogen and oxygen atoms in total. The average Bonchev–Trinajstić information content (AvgIpc) is 2.84. The third kappa shape index (κ3) is 3.19. The third-order valence-electron chi connectivity index (χ3n) is 3.72. The Morgan fingerprint density at radius 2 is 2.05 bits per heavy atom. The number of urea groups is 1. The van der Waals surface area contributed by atoms with Crippen LogP contribution < -0.4 is 5.32 Å². The summed E-state index contributed by atoms with van der Waals surface area (Å²) in [6.07, 6.45) is 2.06. The second kappa shape index (κ2) is 6.08. The fraction of sp³-hybridized carbons (Fsp3) is 0.750. The summed E-state index contributed by atoms with van der Waals surface area (Å²) >= 11 is 0. The standard InChI is InChI=1S/C12H18N2O6/c15-10(16)6-7(11(17)18)13-12(19)14-4-5-20-9-3-1-2-8(9)14/h7-9H,1-6H2,(H,13,19)(H,15,16)(H,17,18)/t7-,8?,9?/m0/s1. The number of carbonyl (C=O) groups is 3. The van der Waals surface area contributed by atoms with Crippen molar-refractivity contribution in [3.8, 4) is 0 Å². The zero-order valence-corrected chi connectivity index (χ0v) is 10.9. The Labute approximate surface area is 115 Å². The molecule has 3 N–H and O–H groups in total. The normalized spacial score (nSPS) is 26.7. The van der Waals surface area contributed by atoms with Crippen LogP contribution in [-0.4, -0.2) is 64.4 Å². The highest BCUT2D eigenvalue weighted by Gasteiger charge is 2.39. The molecule has 1 heterocycles. The fourth-order valence-corrected chi connectivity index (χ4v) is 2.78. The largest absolute Gasteiger partial charge is 0.481 e. The van der Waals surface area contributed by atoms with Gasteiger partial charge in [0.25, 0.3) is 0 Å². The van der Waals surface area contributed by atoms with Gasteiger partial charge in [0.2, 0.25) is 0 Å².